The Labute approximate surface area is 186 Å². The van der Waals surface area contributed by atoms with Crippen molar-refractivity contribution in [2.24, 2.45) is 0 Å². The van der Waals surface area contributed by atoms with Gasteiger partial charge in [0, 0.05) is 0 Å². The van der Waals surface area contributed by atoms with Gasteiger partial charge in [-0.2, -0.15) is 10.5 Å². The molecule has 6 heteroatoms. The highest BCUT2D eigenvalue weighted by atomic mass is 19.1. The van der Waals surface area contributed by atoms with Crippen LogP contribution >= 0.6 is 0 Å². The second kappa shape index (κ2) is 10.4. The van der Waals surface area contributed by atoms with Crippen molar-refractivity contribution in [3.8, 4) is 35.1 Å². The van der Waals surface area contributed by atoms with Gasteiger partial charge in [0.2, 0.25) is 11.5 Å². The van der Waals surface area contributed by atoms with E-state index in [1.165, 1.54) is 0 Å². The lowest BCUT2D eigenvalue weighted by atomic mass is 10.1. The molecule has 4 nitrogen and oxygen atoms in total. The summed E-state index contributed by atoms with van der Waals surface area (Å²) in [5.74, 6) is -2.75. The monoisotopic (exact) mass is 432 g/mol. The molecule has 32 heavy (non-hydrogen) atoms. The second-order valence-electron chi connectivity index (χ2n) is 7.18. The highest BCUT2D eigenvalue weighted by molar-refractivity contribution is 5.60. The maximum atomic E-state index is 15.4. The number of rotatable bonds is 8. The van der Waals surface area contributed by atoms with Crippen molar-refractivity contribution in [3.63, 3.8) is 0 Å². The van der Waals surface area contributed by atoms with Crippen LogP contribution in [-0.4, -0.2) is 0 Å². The molecule has 0 amide bonds. The minimum atomic E-state index is -1.14. The topological polar surface area (TPSA) is 66.0 Å². The van der Waals surface area contributed by atoms with E-state index in [0.29, 0.717) is 24.3 Å². The molecule has 3 rings (SSSR count). The van der Waals surface area contributed by atoms with Crippen LogP contribution in [0.3, 0.4) is 0 Å². The van der Waals surface area contributed by atoms with E-state index >= 15 is 8.78 Å². The maximum Gasteiger partial charge on any atom is 0.210 e. The van der Waals surface area contributed by atoms with E-state index in [1.807, 2.05) is 38.1 Å². The number of halogens is 2. The predicted molar refractivity (Wildman–Crippen MR) is 117 cm³/mol. The predicted octanol–water partition coefficient (Wildman–Crippen LogP) is 7.20. The molecule has 0 aliphatic heterocycles. The average Bonchev–Trinajstić information content (AvgIpc) is 2.80. The van der Waals surface area contributed by atoms with Crippen LogP contribution in [0.25, 0.3) is 0 Å². The zero-order valence-corrected chi connectivity index (χ0v) is 17.9. The van der Waals surface area contributed by atoms with E-state index < -0.39 is 34.3 Å². The molecule has 0 radical (unpaired) electrons. The molecule has 0 bridgehead atoms. The summed E-state index contributed by atoms with van der Waals surface area (Å²) in [7, 11) is 0. The van der Waals surface area contributed by atoms with Crippen LogP contribution in [0.2, 0.25) is 0 Å². The van der Waals surface area contributed by atoms with Gasteiger partial charge in [0.1, 0.15) is 34.8 Å². The van der Waals surface area contributed by atoms with E-state index in [0.717, 1.165) is 24.0 Å². The van der Waals surface area contributed by atoms with Crippen molar-refractivity contribution < 1.29 is 18.3 Å². The van der Waals surface area contributed by atoms with Gasteiger partial charge < -0.3 is 9.47 Å². The minimum Gasteiger partial charge on any atom is -0.450 e. The first-order valence-corrected chi connectivity index (χ1v) is 10.4. The number of ether oxygens (including phenoxy) is 2. The third-order valence-corrected chi connectivity index (χ3v) is 4.93. The molecule has 3 aromatic rings. The largest absolute Gasteiger partial charge is 0.450 e. The van der Waals surface area contributed by atoms with Crippen molar-refractivity contribution >= 4 is 0 Å². The first-order valence-electron chi connectivity index (χ1n) is 10.4. The summed E-state index contributed by atoms with van der Waals surface area (Å²) in [4.78, 5) is 0. The van der Waals surface area contributed by atoms with Gasteiger partial charge in [-0.05, 0) is 36.1 Å². The fourth-order valence-electron chi connectivity index (χ4n) is 3.42. The Morgan fingerprint density at radius 2 is 1.06 bits per heavy atom. The van der Waals surface area contributed by atoms with Crippen molar-refractivity contribution in [1.29, 1.82) is 10.5 Å². The number of hydrogen-bond donors (Lipinski definition) is 0. The molecular weight excluding hydrogens is 410 g/mol. The summed E-state index contributed by atoms with van der Waals surface area (Å²) >= 11 is 0. The summed E-state index contributed by atoms with van der Waals surface area (Å²) in [6.45, 7) is 3.98. The van der Waals surface area contributed by atoms with Gasteiger partial charge in [-0.3, -0.25) is 0 Å². The summed E-state index contributed by atoms with van der Waals surface area (Å²) in [6.07, 6.45) is 2.97. The fourth-order valence-corrected chi connectivity index (χ4v) is 3.42. The highest BCUT2D eigenvalue weighted by Gasteiger charge is 2.29. The SMILES string of the molecule is CCCc1ccccc1Oc1c(F)c(C#N)c(C#N)c(F)c1Oc1ccccc1CCC. The number of nitrogens with zero attached hydrogens (tertiary/aromatic N) is 2. The van der Waals surface area contributed by atoms with Crippen molar-refractivity contribution in [2.75, 3.05) is 0 Å². The number of nitriles is 2. The first-order chi connectivity index (χ1) is 15.5. The summed E-state index contributed by atoms with van der Waals surface area (Å²) in [5.41, 5.74) is 0.161. The van der Waals surface area contributed by atoms with E-state index in [-0.39, 0.29) is 0 Å². The molecule has 0 saturated carbocycles. The molecule has 3 aromatic carbocycles. The fraction of sp³-hybridized carbons (Fsp3) is 0.231. The van der Waals surface area contributed by atoms with Crippen molar-refractivity contribution in [3.05, 3.63) is 82.4 Å². The van der Waals surface area contributed by atoms with Gasteiger partial charge >= 0.3 is 0 Å². The smallest absolute Gasteiger partial charge is 0.210 e. The molecule has 0 N–H and O–H groups in total. The lowest BCUT2D eigenvalue weighted by Crippen LogP contribution is -2.05. The molecule has 0 aromatic heterocycles. The van der Waals surface area contributed by atoms with Crippen LogP contribution in [-0.2, 0) is 12.8 Å². The van der Waals surface area contributed by atoms with Gasteiger partial charge in [-0.25, -0.2) is 8.78 Å². The summed E-state index contributed by atoms with van der Waals surface area (Å²) in [6, 6.07) is 17.2. The van der Waals surface area contributed by atoms with Gasteiger partial charge in [-0.15, -0.1) is 0 Å². The van der Waals surface area contributed by atoms with Gasteiger partial charge in [0.05, 0.1) is 0 Å². The van der Waals surface area contributed by atoms with Gasteiger partial charge in [0.25, 0.3) is 0 Å². The van der Waals surface area contributed by atoms with Crippen LogP contribution in [0.5, 0.6) is 23.0 Å². The van der Waals surface area contributed by atoms with Crippen LogP contribution in [0.1, 0.15) is 48.9 Å². The molecule has 0 heterocycles. The van der Waals surface area contributed by atoms with Crippen molar-refractivity contribution in [2.45, 2.75) is 39.5 Å². The van der Waals surface area contributed by atoms with Gasteiger partial charge in [0.15, 0.2) is 11.6 Å². The van der Waals surface area contributed by atoms with E-state index in [2.05, 4.69) is 0 Å². The van der Waals surface area contributed by atoms with Crippen molar-refractivity contribution in [1.82, 2.24) is 0 Å². The Morgan fingerprint density at radius 1 is 0.688 bits per heavy atom. The second-order valence-corrected chi connectivity index (χ2v) is 7.18. The Morgan fingerprint density at radius 3 is 1.41 bits per heavy atom. The van der Waals surface area contributed by atoms with Gasteiger partial charge in [-0.1, -0.05) is 63.1 Å². The summed E-state index contributed by atoms with van der Waals surface area (Å²) in [5, 5.41) is 18.7. The van der Waals surface area contributed by atoms with Crippen LogP contribution in [0, 0.1) is 34.3 Å². The lowest BCUT2D eigenvalue weighted by molar-refractivity contribution is 0.369. The Kier molecular flexibility index (Phi) is 7.41. The molecule has 0 fully saturated rings. The Balaban J connectivity index is 2.22. The van der Waals surface area contributed by atoms with Crippen LogP contribution < -0.4 is 9.47 Å². The molecule has 0 aliphatic rings. The number of para-hydroxylation sites is 2. The molecule has 0 spiro atoms. The van der Waals surface area contributed by atoms with E-state index in [1.54, 1.807) is 36.4 Å². The third kappa shape index (κ3) is 4.55. The molecule has 0 atom stereocenters. The van der Waals surface area contributed by atoms with E-state index in [9.17, 15) is 10.5 Å². The number of benzene rings is 3. The molecule has 0 unspecified atom stereocenters. The summed E-state index contributed by atoms with van der Waals surface area (Å²) < 4.78 is 42.4. The quantitative estimate of drug-likeness (QED) is 0.378. The van der Waals surface area contributed by atoms with Crippen LogP contribution in [0.15, 0.2) is 48.5 Å². The van der Waals surface area contributed by atoms with Crippen LogP contribution in [0.4, 0.5) is 8.78 Å². The highest BCUT2D eigenvalue weighted by Crippen LogP contribution is 2.44. The third-order valence-electron chi connectivity index (χ3n) is 4.93. The lowest BCUT2D eigenvalue weighted by Gasteiger charge is -2.18. The molecular formula is C26H22F2N2O2. The average molecular weight is 432 g/mol. The number of aryl methyl sites for hydroxylation is 2. The van der Waals surface area contributed by atoms with E-state index in [4.69, 9.17) is 9.47 Å². The molecule has 162 valence electrons. The molecule has 0 saturated heterocycles. The Bertz CT molecular complexity index is 1120. The minimum absolute atomic E-state index is 0.327. The standard InChI is InChI=1S/C26H22F2N2O2/c1-3-9-17-11-5-7-13-21(17)31-25-23(27)19(15-29)20(16-30)24(28)26(25)32-22-14-8-6-12-18(22)10-4-2/h5-8,11-14H,3-4,9-10H2,1-2H3. The Hall–Kier alpha value is -3.90. The normalized spacial score (nSPS) is 10.3. The zero-order chi connectivity index (χ0) is 23.1. The zero-order valence-electron chi connectivity index (χ0n) is 17.9. The first kappa shape index (κ1) is 22.8. The maximum absolute atomic E-state index is 15.4. The number of hydrogen-bond acceptors (Lipinski definition) is 4. The molecule has 0 aliphatic carbocycles.